The first kappa shape index (κ1) is 17.0. The van der Waals surface area contributed by atoms with E-state index in [-0.39, 0.29) is 17.6 Å². The fourth-order valence-corrected chi connectivity index (χ4v) is 3.83. The molecule has 0 aromatic carbocycles. The number of carbonyl (C=O) groups is 1. The Morgan fingerprint density at radius 2 is 2.31 bits per heavy atom. The maximum absolute atomic E-state index is 12.8. The van der Waals surface area contributed by atoms with Crippen LogP contribution in [0.15, 0.2) is 30.6 Å². The Hall–Kier alpha value is -2.41. The van der Waals surface area contributed by atoms with Gasteiger partial charge in [0.2, 0.25) is 0 Å². The molecular formula is C19H24N4O3. The van der Waals surface area contributed by atoms with Gasteiger partial charge in [0.1, 0.15) is 23.1 Å². The molecule has 2 aromatic rings. The first-order chi connectivity index (χ1) is 12.6. The van der Waals surface area contributed by atoms with Crippen molar-refractivity contribution in [3.05, 3.63) is 42.0 Å². The molecule has 0 bridgehead atoms. The van der Waals surface area contributed by atoms with E-state index in [1.54, 1.807) is 17.1 Å². The molecule has 26 heavy (non-hydrogen) atoms. The first-order valence-corrected chi connectivity index (χ1v) is 9.13. The van der Waals surface area contributed by atoms with Gasteiger partial charge in [0.15, 0.2) is 0 Å². The summed E-state index contributed by atoms with van der Waals surface area (Å²) in [7, 11) is 0. The van der Waals surface area contributed by atoms with Crippen LogP contribution < -0.4 is 4.74 Å². The molecule has 2 aromatic heterocycles. The van der Waals surface area contributed by atoms with Crippen molar-refractivity contribution in [2.75, 3.05) is 19.7 Å². The van der Waals surface area contributed by atoms with E-state index in [9.17, 15) is 4.79 Å². The number of likely N-dealkylation sites (tertiary alicyclic amines) is 1. The van der Waals surface area contributed by atoms with Crippen LogP contribution in [0, 0.1) is 6.92 Å². The lowest BCUT2D eigenvalue weighted by Gasteiger charge is -2.52. The summed E-state index contributed by atoms with van der Waals surface area (Å²) in [6, 6.07) is 5.64. The lowest BCUT2D eigenvalue weighted by Crippen LogP contribution is -2.67. The van der Waals surface area contributed by atoms with Gasteiger partial charge in [-0.15, -0.1) is 0 Å². The summed E-state index contributed by atoms with van der Waals surface area (Å²) in [5.41, 5.74) is 1.23. The van der Waals surface area contributed by atoms with Gasteiger partial charge in [-0.25, -0.2) is 0 Å². The quantitative estimate of drug-likeness (QED) is 0.839. The standard InChI is InChI=1S/C19H24N4O3/c1-3-23-17(9-14(2)21-23)18(24)22-12-19(13-22)10-15(6-8-25-19)26-16-5-4-7-20-11-16/h4-5,7,9,11,15H,3,6,8,10,12-13H2,1-2H3. The molecule has 0 radical (unpaired) electrons. The highest BCUT2D eigenvalue weighted by Crippen LogP contribution is 2.36. The first-order valence-electron chi connectivity index (χ1n) is 9.13. The lowest BCUT2D eigenvalue weighted by molar-refractivity contribution is -0.173. The van der Waals surface area contributed by atoms with Crippen LogP contribution in [0.2, 0.25) is 0 Å². The number of nitrogens with zero attached hydrogens (tertiary/aromatic N) is 4. The van der Waals surface area contributed by atoms with Crippen LogP contribution in [0.5, 0.6) is 5.75 Å². The number of hydrogen-bond donors (Lipinski definition) is 0. The van der Waals surface area contributed by atoms with E-state index in [0.717, 1.165) is 24.3 Å². The van der Waals surface area contributed by atoms with Gasteiger partial charge in [-0.1, -0.05) is 0 Å². The number of aromatic nitrogens is 3. The van der Waals surface area contributed by atoms with E-state index in [0.29, 0.717) is 31.9 Å². The maximum atomic E-state index is 12.8. The average Bonchev–Trinajstić information content (AvgIpc) is 3.01. The van der Waals surface area contributed by atoms with Crippen LogP contribution in [0.25, 0.3) is 0 Å². The van der Waals surface area contributed by atoms with Crippen molar-refractivity contribution < 1.29 is 14.3 Å². The molecule has 138 valence electrons. The van der Waals surface area contributed by atoms with E-state index in [1.807, 2.05) is 36.9 Å². The third-order valence-corrected chi connectivity index (χ3v) is 5.05. The summed E-state index contributed by atoms with van der Waals surface area (Å²) in [5.74, 6) is 0.807. The number of carbonyl (C=O) groups excluding carboxylic acids is 1. The van der Waals surface area contributed by atoms with E-state index in [4.69, 9.17) is 9.47 Å². The monoisotopic (exact) mass is 356 g/mol. The van der Waals surface area contributed by atoms with Gasteiger partial charge in [0.05, 0.1) is 31.6 Å². The predicted molar refractivity (Wildman–Crippen MR) is 95.1 cm³/mol. The minimum absolute atomic E-state index is 0.0250. The van der Waals surface area contributed by atoms with Gasteiger partial charge in [-0.2, -0.15) is 5.10 Å². The number of pyridine rings is 1. The zero-order chi connectivity index (χ0) is 18.1. The summed E-state index contributed by atoms with van der Waals surface area (Å²) >= 11 is 0. The Bertz CT molecular complexity index is 783. The van der Waals surface area contributed by atoms with Gasteiger partial charge in [0, 0.05) is 25.6 Å². The van der Waals surface area contributed by atoms with Crippen LogP contribution in [0.3, 0.4) is 0 Å². The van der Waals surface area contributed by atoms with E-state index >= 15 is 0 Å². The fraction of sp³-hybridized carbons (Fsp3) is 0.526. The van der Waals surface area contributed by atoms with Crippen LogP contribution in [-0.2, 0) is 11.3 Å². The lowest BCUT2D eigenvalue weighted by atomic mass is 9.84. The molecule has 4 heterocycles. The molecule has 7 heteroatoms. The molecular weight excluding hydrogens is 332 g/mol. The second-order valence-corrected chi connectivity index (χ2v) is 7.10. The third-order valence-electron chi connectivity index (χ3n) is 5.05. The third kappa shape index (κ3) is 3.19. The largest absolute Gasteiger partial charge is 0.489 e. The molecule has 1 unspecified atom stereocenters. The molecule has 2 saturated heterocycles. The molecule has 7 nitrogen and oxygen atoms in total. The van der Waals surface area contributed by atoms with Gasteiger partial charge in [-0.05, 0) is 32.0 Å². The van der Waals surface area contributed by atoms with Crippen LogP contribution in [0.4, 0.5) is 0 Å². The van der Waals surface area contributed by atoms with Crippen molar-refractivity contribution in [2.45, 2.75) is 44.9 Å². The molecule has 1 spiro atoms. The van der Waals surface area contributed by atoms with Crippen LogP contribution >= 0.6 is 0 Å². The van der Waals surface area contributed by atoms with Gasteiger partial charge in [-0.3, -0.25) is 14.5 Å². The van der Waals surface area contributed by atoms with Crippen molar-refractivity contribution in [1.29, 1.82) is 0 Å². The molecule has 1 amide bonds. The molecule has 1 atom stereocenters. The number of aryl methyl sites for hydroxylation is 2. The second-order valence-electron chi connectivity index (χ2n) is 7.10. The van der Waals surface area contributed by atoms with Crippen molar-refractivity contribution in [3.8, 4) is 5.75 Å². The topological polar surface area (TPSA) is 69.5 Å². The number of amides is 1. The highest BCUT2D eigenvalue weighted by Gasteiger charge is 2.50. The summed E-state index contributed by atoms with van der Waals surface area (Å²) < 4.78 is 13.8. The Morgan fingerprint density at radius 3 is 3.04 bits per heavy atom. The van der Waals surface area contributed by atoms with Crippen molar-refractivity contribution >= 4 is 5.91 Å². The SMILES string of the molecule is CCn1nc(C)cc1C(=O)N1CC2(CC(Oc3cccnc3)CCO2)C1. The molecule has 2 fully saturated rings. The normalized spacial score (nSPS) is 21.5. The zero-order valence-corrected chi connectivity index (χ0v) is 15.2. The Balaban J connectivity index is 1.38. The molecule has 2 aliphatic rings. The predicted octanol–water partition coefficient (Wildman–Crippen LogP) is 2.06. The Labute approximate surface area is 152 Å². The van der Waals surface area contributed by atoms with E-state index < -0.39 is 0 Å². The van der Waals surface area contributed by atoms with Crippen molar-refractivity contribution in [2.24, 2.45) is 0 Å². The van der Waals surface area contributed by atoms with Crippen molar-refractivity contribution in [3.63, 3.8) is 0 Å². The molecule has 0 saturated carbocycles. The van der Waals surface area contributed by atoms with Gasteiger partial charge >= 0.3 is 0 Å². The fourth-order valence-electron chi connectivity index (χ4n) is 3.83. The Kier molecular flexibility index (Phi) is 4.40. The molecule has 4 rings (SSSR count). The van der Waals surface area contributed by atoms with Crippen LogP contribution in [-0.4, -0.2) is 57.0 Å². The van der Waals surface area contributed by atoms with Gasteiger partial charge < -0.3 is 14.4 Å². The molecule has 0 aliphatic carbocycles. The number of ether oxygens (including phenoxy) is 2. The van der Waals surface area contributed by atoms with Crippen LogP contribution in [0.1, 0.15) is 35.9 Å². The summed E-state index contributed by atoms with van der Waals surface area (Å²) in [6.45, 7) is 6.44. The second kappa shape index (κ2) is 6.72. The highest BCUT2D eigenvalue weighted by atomic mass is 16.5. The molecule has 0 N–H and O–H groups in total. The highest BCUT2D eigenvalue weighted by molar-refractivity contribution is 5.93. The van der Waals surface area contributed by atoms with Crippen molar-refractivity contribution in [1.82, 2.24) is 19.7 Å². The molecule has 2 aliphatic heterocycles. The Morgan fingerprint density at radius 1 is 1.46 bits per heavy atom. The average molecular weight is 356 g/mol. The zero-order valence-electron chi connectivity index (χ0n) is 15.2. The maximum Gasteiger partial charge on any atom is 0.272 e. The number of hydrogen-bond acceptors (Lipinski definition) is 5. The number of rotatable bonds is 4. The summed E-state index contributed by atoms with van der Waals surface area (Å²) in [5, 5.41) is 4.37. The summed E-state index contributed by atoms with van der Waals surface area (Å²) in [4.78, 5) is 18.7. The van der Waals surface area contributed by atoms with Gasteiger partial charge in [0.25, 0.3) is 5.91 Å². The van der Waals surface area contributed by atoms with E-state index in [1.165, 1.54) is 0 Å². The van der Waals surface area contributed by atoms with E-state index in [2.05, 4.69) is 10.1 Å². The smallest absolute Gasteiger partial charge is 0.272 e. The minimum atomic E-state index is -0.285. The summed E-state index contributed by atoms with van der Waals surface area (Å²) in [6.07, 6.45) is 5.20. The minimum Gasteiger partial charge on any atom is -0.489 e.